The van der Waals surface area contributed by atoms with Crippen LogP contribution in [0.4, 0.5) is 4.39 Å². The van der Waals surface area contributed by atoms with E-state index in [1.807, 2.05) is 6.07 Å². The predicted octanol–water partition coefficient (Wildman–Crippen LogP) is 1.63. The van der Waals surface area contributed by atoms with E-state index in [9.17, 15) is 4.39 Å². The zero-order valence-corrected chi connectivity index (χ0v) is 10.4. The summed E-state index contributed by atoms with van der Waals surface area (Å²) in [5, 5.41) is 3.26. The number of nitrogens with zero attached hydrogens (tertiary/aromatic N) is 1. The average molecular weight is 238 g/mol. The van der Waals surface area contributed by atoms with E-state index in [4.69, 9.17) is 4.74 Å². The maximum Gasteiger partial charge on any atom is 0.165 e. The molecular formula is C13H19FN2O. The molecule has 2 rings (SSSR count). The van der Waals surface area contributed by atoms with Gasteiger partial charge in [0.15, 0.2) is 11.6 Å². The minimum atomic E-state index is -0.284. The molecule has 0 radical (unpaired) electrons. The number of methoxy groups -OCH3 is 1. The molecule has 94 valence electrons. The van der Waals surface area contributed by atoms with Crippen molar-refractivity contribution in [3.8, 4) is 5.75 Å². The summed E-state index contributed by atoms with van der Waals surface area (Å²) >= 11 is 0. The number of hydrogen-bond donors (Lipinski definition) is 1. The van der Waals surface area contributed by atoms with Crippen molar-refractivity contribution >= 4 is 0 Å². The fourth-order valence-corrected chi connectivity index (χ4v) is 2.07. The first-order valence-corrected chi connectivity index (χ1v) is 6.01. The van der Waals surface area contributed by atoms with Crippen molar-refractivity contribution in [3.63, 3.8) is 0 Å². The van der Waals surface area contributed by atoms with Crippen molar-refractivity contribution in [2.24, 2.45) is 0 Å². The second kappa shape index (κ2) is 5.47. The van der Waals surface area contributed by atoms with Gasteiger partial charge in [0.25, 0.3) is 0 Å². The number of hydrogen-bond acceptors (Lipinski definition) is 3. The van der Waals surface area contributed by atoms with Crippen molar-refractivity contribution < 1.29 is 9.13 Å². The van der Waals surface area contributed by atoms with Crippen molar-refractivity contribution in [3.05, 3.63) is 29.6 Å². The number of nitrogens with one attached hydrogen (secondary N) is 1. The van der Waals surface area contributed by atoms with Gasteiger partial charge in [0.2, 0.25) is 0 Å². The van der Waals surface area contributed by atoms with Crippen molar-refractivity contribution in [1.29, 1.82) is 0 Å². The normalized spacial score (nSPS) is 16.0. The molecule has 1 aromatic carbocycles. The van der Waals surface area contributed by atoms with E-state index in [0.29, 0.717) is 11.8 Å². The van der Waals surface area contributed by atoms with Crippen LogP contribution in [0.5, 0.6) is 5.75 Å². The molecule has 1 saturated heterocycles. The quantitative estimate of drug-likeness (QED) is 0.843. The van der Waals surface area contributed by atoms with E-state index in [0.717, 1.165) is 31.7 Å². The van der Waals surface area contributed by atoms with Crippen LogP contribution < -0.4 is 10.1 Å². The third-order valence-electron chi connectivity index (χ3n) is 3.28. The number of ether oxygens (including phenoxy) is 1. The van der Waals surface area contributed by atoms with Gasteiger partial charge in [0.05, 0.1) is 7.11 Å². The van der Waals surface area contributed by atoms with Crippen LogP contribution in [0, 0.1) is 5.82 Å². The molecule has 1 N–H and O–H groups in total. The summed E-state index contributed by atoms with van der Waals surface area (Å²) in [4.78, 5) is 2.36. The topological polar surface area (TPSA) is 24.5 Å². The average Bonchev–Trinajstić information content (AvgIpc) is 2.26. The molecule has 0 aliphatic carbocycles. The van der Waals surface area contributed by atoms with Crippen molar-refractivity contribution in [1.82, 2.24) is 10.2 Å². The lowest BCUT2D eigenvalue weighted by atomic mass is 10.1. The zero-order valence-electron chi connectivity index (χ0n) is 10.4. The summed E-state index contributed by atoms with van der Waals surface area (Å²) in [6, 6.07) is 5.77. The fourth-order valence-electron chi connectivity index (χ4n) is 2.07. The molecule has 1 aliphatic rings. The molecular weight excluding hydrogens is 219 g/mol. The Morgan fingerprint density at radius 1 is 1.47 bits per heavy atom. The molecule has 0 aromatic heterocycles. The Morgan fingerprint density at radius 2 is 2.24 bits per heavy atom. The maximum absolute atomic E-state index is 13.5. The highest BCUT2D eigenvalue weighted by Gasteiger charge is 2.23. The van der Waals surface area contributed by atoms with Gasteiger partial charge >= 0.3 is 0 Å². The summed E-state index contributed by atoms with van der Waals surface area (Å²) < 4.78 is 18.5. The number of likely N-dealkylation sites (N-methyl/N-ethyl adjacent to an activating group) is 1. The molecule has 17 heavy (non-hydrogen) atoms. The number of benzene rings is 1. The summed E-state index contributed by atoms with van der Waals surface area (Å²) in [6.45, 7) is 5.99. The van der Waals surface area contributed by atoms with Crippen LogP contribution in [-0.2, 0) is 6.54 Å². The Bertz CT molecular complexity index is 380. The second-order valence-electron chi connectivity index (χ2n) is 4.34. The highest BCUT2D eigenvalue weighted by molar-refractivity contribution is 5.29. The van der Waals surface area contributed by atoms with Gasteiger partial charge < -0.3 is 10.1 Å². The summed E-state index contributed by atoms with van der Waals surface area (Å²) in [5.41, 5.74) is 0.997. The largest absolute Gasteiger partial charge is 0.494 e. The van der Waals surface area contributed by atoms with Crippen LogP contribution in [0.1, 0.15) is 12.5 Å². The molecule has 1 heterocycles. The standard InChI is InChI=1S/C13H19FN2O/c1-3-16(11-7-15-8-11)9-10-4-5-13(17-2)12(14)6-10/h4-6,11,15H,3,7-9H2,1-2H3. The van der Waals surface area contributed by atoms with Gasteiger partial charge in [-0.25, -0.2) is 4.39 Å². The summed E-state index contributed by atoms with van der Waals surface area (Å²) in [7, 11) is 1.48. The molecule has 0 saturated carbocycles. The van der Waals surface area contributed by atoms with E-state index in [2.05, 4.69) is 17.1 Å². The SMILES string of the molecule is CCN(Cc1ccc(OC)c(F)c1)C1CNC1. The van der Waals surface area contributed by atoms with Crippen LogP contribution in [0.15, 0.2) is 18.2 Å². The highest BCUT2D eigenvalue weighted by atomic mass is 19.1. The first-order chi connectivity index (χ1) is 8.24. The monoisotopic (exact) mass is 238 g/mol. The Hall–Kier alpha value is -1.13. The number of halogens is 1. The molecule has 1 aromatic rings. The molecule has 0 unspecified atom stereocenters. The molecule has 3 nitrogen and oxygen atoms in total. The maximum atomic E-state index is 13.5. The van der Waals surface area contributed by atoms with Crippen LogP contribution in [-0.4, -0.2) is 37.7 Å². The first-order valence-electron chi connectivity index (χ1n) is 6.01. The highest BCUT2D eigenvalue weighted by Crippen LogP contribution is 2.19. The molecule has 1 aliphatic heterocycles. The van der Waals surface area contributed by atoms with Crippen molar-refractivity contribution in [2.75, 3.05) is 26.7 Å². The summed E-state index contributed by atoms with van der Waals surface area (Å²) in [5.74, 6) is 0.0231. The Balaban J connectivity index is 2.03. The fraction of sp³-hybridized carbons (Fsp3) is 0.538. The van der Waals surface area contributed by atoms with E-state index in [1.165, 1.54) is 7.11 Å². The predicted molar refractivity (Wildman–Crippen MR) is 65.7 cm³/mol. The van der Waals surface area contributed by atoms with Crippen molar-refractivity contribution in [2.45, 2.75) is 19.5 Å². The lowest BCUT2D eigenvalue weighted by molar-refractivity contribution is 0.145. The smallest absolute Gasteiger partial charge is 0.165 e. The second-order valence-corrected chi connectivity index (χ2v) is 4.34. The Morgan fingerprint density at radius 3 is 2.71 bits per heavy atom. The van der Waals surface area contributed by atoms with Gasteiger partial charge in [-0.3, -0.25) is 4.90 Å². The van der Waals surface area contributed by atoms with E-state index in [-0.39, 0.29) is 5.82 Å². The zero-order chi connectivity index (χ0) is 12.3. The lowest BCUT2D eigenvalue weighted by Gasteiger charge is -2.37. The van der Waals surface area contributed by atoms with Crippen LogP contribution in [0.25, 0.3) is 0 Å². The van der Waals surface area contributed by atoms with Crippen LogP contribution in [0.2, 0.25) is 0 Å². The molecule has 1 fully saturated rings. The van der Waals surface area contributed by atoms with E-state index >= 15 is 0 Å². The third kappa shape index (κ3) is 2.76. The van der Waals surface area contributed by atoms with Gasteiger partial charge in [0.1, 0.15) is 0 Å². The van der Waals surface area contributed by atoms with Gasteiger partial charge in [0, 0.05) is 25.7 Å². The van der Waals surface area contributed by atoms with Gasteiger partial charge in [-0.2, -0.15) is 0 Å². The van der Waals surface area contributed by atoms with E-state index < -0.39 is 0 Å². The van der Waals surface area contributed by atoms with E-state index in [1.54, 1.807) is 12.1 Å². The molecule has 4 heteroatoms. The lowest BCUT2D eigenvalue weighted by Crippen LogP contribution is -2.56. The van der Waals surface area contributed by atoms with Gasteiger partial charge in [-0.05, 0) is 24.2 Å². The van der Waals surface area contributed by atoms with Crippen LogP contribution >= 0.6 is 0 Å². The summed E-state index contributed by atoms with van der Waals surface area (Å²) in [6.07, 6.45) is 0. The van der Waals surface area contributed by atoms with Gasteiger partial charge in [-0.15, -0.1) is 0 Å². The van der Waals surface area contributed by atoms with Crippen LogP contribution in [0.3, 0.4) is 0 Å². The first kappa shape index (κ1) is 12.3. The van der Waals surface area contributed by atoms with Gasteiger partial charge in [-0.1, -0.05) is 13.0 Å². The Kier molecular flexibility index (Phi) is 3.97. The Labute approximate surface area is 102 Å². The molecule has 0 atom stereocenters. The molecule has 0 bridgehead atoms. The number of rotatable bonds is 5. The molecule has 0 amide bonds. The minimum absolute atomic E-state index is 0.284. The minimum Gasteiger partial charge on any atom is -0.494 e. The third-order valence-corrected chi connectivity index (χ3v) is 3.28. The molecule has 0 spiro atoms.